The molecular formula is C17H20BrNS. The second-order valence-corrected chi connectivity index (χ2v) is 7.12. The van der Waals surface area contributed by atoms with E-state index in [4.69, 9.17) is 5.73 Å². The van der Waals surface area contributed by atoms with Crippen molar-refractivity contribution >= 4 is 27.7 Å². The summed E-state index contributed by atoms with van der Waals surface area (Å²) in [5.74, 6) is 0.926. The smallest absolute Gasteiger partial charge is 0.0311 e. The maximum Gasteiger partial charge on any atom is 0.0311 e. The van der Waals surface area contributed by atoms with Crippen molar-refractivity contribution in [3.05, 3.63) is 63.6 Å². The molecule has 0 bridgehead atoms. The van der Waals surface area contributed by atoms with E-state index in [0.717, 1.165) is 16.6 Å². The van der Waals surface area contributed by atoms with Crippen molar-refractivity contribution in [2.24, 2.45) is 5.73 Å². The lowest BCUT2D eigenvalue weighted by Gasteiger charge is -2.13. The molecule has 0 saturated heterocycles. The lowest BCUT2D eigenvalue weighted by atomic mass is 10.0. The van der Waals surface area contributed by atoms with Crippen LogP contribution in [0.5, 0.6) is 0 Å². The molecule has 0 aromatic heterocycles. The second kappa shape index (κ2) is 7.30. The predicted octanol–water partition coefficient (Wildman–Crippen LogP) is 4.73. The Bertz CT molecular complexity index is 563. The van der Waals surface area contributed by atoms with Crippen LogP contribution in [0.3, 0.4) is 0 Å². The molecule has 0 aliphatic carbocycles. The number of thioether (sulfide) groups is 1. The molecule has 0 heterocycles. The molecule has 0 fully saturated rings. The second-order valence-electron chi connectivity index (χ2n) is 5.20. The lowest BCUT2D eigenvalue weighted by molar-refractivity contribution is 0.747. The highest BCUT2D eigenvalue weighted by atomic mass is 79.9. The highest BCUT2D eigenvalue weighted by molar-refractivity contribution is 9.10. The van der Waals surface area contributed by atoms with E-state index in [0.29, 0.717) is 0 Å². The molecule has 0 aliphatic rings. The minimum Gasteiger partial charge on any atom is -0.327 e. The first-order valence-corrected chi connectivity index (χ1v) is 8.52. The summed E-state index contributed by atoms with van der Waals surface area (Å²) < 4.78 is 1.14. The van der Waals surface area contributed by atoms with Crippen molar-refractivity contribution in [2.45, 2.75) is 31.2 Å². The summed E-state index contributed by atoms with van der Waals surface area (Å²) in [5, 5.41) is 0. The molecule has 0 saturated carbocycles. The minimum absolute atomic E-state index is 0.174. The number of hydrogen-bond donors (Lipinski definition) is 1. The summed E-state index contributed by atoms with van der Waals surface area (Å²) >= 11 is 5.38. The first kappa shape index (κ1) is 15.6. The third kappa shape index (κ3) is 4.65. The summed E-state index contributed by atoms with van der Waals surface area (Å²) in [7, 11) is 0. The number of hydrogen-bond acceptors (Lipinski definition) is 2. The first-order valence-electron chi connectivity index (χ1n) is 6.74. The van der Waals surface area contributed by atoms with Gasteiger partial charge in [0.2, 0.25) is 0 Å². The summed E-state index contributed by atoms with van der Waals surface area (Å²) in [6.07, 6.45) is 0.931. The van der Waals surface area contributed by atoms with E-state index < -0.39 is 0 Å². The van der Waals surface area contributed by atoms with Gasteiger partial charge >= 0.3 is 0 Å². The molecule has 106 valence electrons. The van der Waals surface area contributed by atoms with Gasteiger partial charge in [0.25, 0.3) is 0 Å². The van der Waals surface area contributed by atoms with Gasteiger partial charge in [-0.15, -0.1) is 11.8 Å². The van der Waals surface area contributed by atoms with Crippen LogP contribution in [0.4, 0.5) is 0 Å². The Morgan fingerprint density at radius 1 is 1.10 bits per heavy atom. The Labute approximate surface area is 134 Å². The normalized spacial score (nSPS) is 12.4. The number of aryl methyl sites for hydroxylation is 2. The lowest BCUT2D eigenvalue weighted by Crippen LogP contribution is -2.25. The van der Waals surface area contributed by atoms with Crippen LogP contribution < -0.4 is 5.73 Å². The molecule has 0 spiro atoms. The Morgan fingerprint density at radius 2 is 1.75 bits per heavy atom. The van der Waals surface area contributed by atoms with Gasteiger partial charge in [0.1, 0.15) is 0 Å². The summed E-state index contributed by atoms with van der Waals surface area (Å²) in [4.78, 5) is 1.25. The number of benzene rings is 2. The fourth-order valence-electron chi connectivity index (χ4n) is 2.31. The SMILES string of the molecule is Cc1cc(C)cc(CC(N)CSc2ccccc2Br)c1. The average Bonchev–Trinajstić information content (AvgIpc) is 2.36. The van der Waals surface area contributed by atoms with Crippen molar-refractivity contribution in [3.8, 4) is 0 Å². The predicted molar refractivity (Wildman–Crippen MR) is 92.5 cm³/mol. The Balaban J connectivity index is 1.92. The first-order chi connectivity index (χ1) is 9.54. The van der Waals surface area contributed by atoms with Crippen molar-refractivity contribution in [1.29, 1.82) is 0 Å². The summed E-state index contributed by atoms with van der Waals surface area (Å²) in [5.41, 5.74) is 10.2. The summed E-state index contributed by atoms with van der Waals surface area (Å²) in [6.45, 7) is 4.27. The van der Waals surface area contributed by atoms with E-state index in [2.05, 4.69) is 66.2 Å². The molecule has 3 heteroatoms. The van der Waals surface area contributed by atoms with Crippen molar-refractivity contribution in [2.75, 3.05) is 5.75 Å². The van der Waals surface area contributed by atoms with Crippen molar-refractivity contribution in [1.82, 2.24) is 0 Å². The topological polar surface area (TPSA) is 26.0 Å². The molecule has 0 amide bonds. The van der Waals surface area contributed by atoms with Crippen LogP contribution in [0.1, 0.15) is 16.7 Å². The molecule has 0 radical (unpaired) electrons. The molecule has 0 aliphatic heterocycles. The van der Waals surface area contributed by atoms with E-state index >= 15 is 0 Å². The maximum atomic E-state index is 6.27. The monoisotopic (exact) mass is 349 g/mol. The molecule has 1 atom stereocenters. The molecule has 20 heavy (non-hydrogen) atoms. The Kier molecular flexibility index (Phi) is 5.70. The van der Waals surface area contributed by atoms with E-state index in [1.54, 1.807) is 0 Å². The van der Waals surface area contributed by atoms with Crippen LogP contribution in [0.25, 0.3) is 0 Å². The van der Waals surface area contributed by atoms with Gasteiger partial charge in [0.05, 0.1) is 0 Å². The van der Waals surface area contributed by atoms with Crippen LogP contribution in [0.2, 0.25) is 0 Å². The molecule has 2 N–H and O–H groups in total. The van der Waals surface area contributed by atoms with Gasteiger partial charge in [-0.25, -0.2) is 0 Å². The Morgan fingerprint density at radius 3 is 2.40 bits per heavy atom. The van der Waals surface area contributed by atoms with E-state index in [9.17, 15) is 0 Å². The van der Waals surface area contributed by atoms with Gasteiger partial charge in [0.15, 0.2) is 0 Å². The molecule has 1 nitrogen and oxygen atoms in total. The number of rotatable bonds is 5. The largest absolute Gasteiger partial charge is 0.327 e. The van der Waals surface area contributed by atoms with Crippen LogP contribution in [-0.4, -0.2) is 11.8 Å². The zero-order chi connectivity index (χ0) is 14.5. The molecule has 2 aromatic rings. The van der Waals surface area contributed by atoms with Gasteiger partial charge in [-0.05, 0) is 53.9 Å². The van der Waals surface area contributed by atoms with Crippen LogP contribution in [-0.2, 0) is 6.42 Å². The van der Waals surface area contributed by atoms with E-state index in [1.165, 1.54) is 21.6 Å². The quantitative estimate of drug-likeness (QED) is 0.789. The molecule has 2 aromatic carbocycles. The fourth-order valence-corrected chi connectivity index (χ4v) is 3.83. The number of nitrogens with two attached hydrogens (primary N) is 1. The zero-order valence-corrected chi connectivity index (χ0v) is 14.3. The standard InChI is InChI=1S/C17H20BrNS/c1-12-7-13(2)9-14(8-12)10-15(19)11-20-17-6-4-3-5-16(17)18/h3-9,15H,10-11,19H2,1-2H3. The zero-order valence-electron chi connectivity index (χ0n) is 11.9. The fraction of sp³-hybridized carbons (Fsp3) is 0.294. The average molecular weight is 350 g/mol. The van der Waals surface area contributed by atoms with Crippen LogP contribution in [0, 0.1) is 13.8 Å². The molecule has 1 unspecified atom stereocenters. The van der Waals surface area contributed by atoms with Gasteiger partial charge in [-0.2, -0.15) is 0 Å². The summed E-state index contributed by atoms with van der Waals surface area (Å²) in [6, 6.07) is 15.1. The van der Waals surface area contributed by atoms with Gasteiger partial charge < -0.3 is 5.73 Å². The Hall–Kier alpha value is -0.770. The van der Waals surface area contributed by atoms with Gasteiger partial charge in [-0.1, -0.05) is 41.5 Å². The van der Waals surface area contributed by atoms with Crippen LogP contribution >= 0.6 is 27.7 Å². The van der Waals surface area contributed by atoms with Crippen molar-refractivity contribution < 1.29 is 0 Å². The van der Waals surface area contributed by atoms with Gasteiger partial charge in [0, 0.05) is 21.2 Å². The van der Waals surface area contributed by atoms with E-state index in [1.807, 2.05) is 17.8 Å². The highest BCUT2D eigenvalue weighted by Crippen LogP contribution is 2.27. The maximum absolute atomic E-state index is 6.27. The van der Waals surface area contributed by atoms with Crippen molar-refractivity contribution in [3.63, 3.8) is 0 Å². The third-order valence-corrected chi connectivity index (χ3v) is 5.28. The molecular weight excluding hydrogens is 330 g/mol. The number of halogens is 1. The van der Waals surface area contributed by atoms with Crippen LogP contribution in [0.15, 0.2) is 51.8 Å². The third-order valence-electron chi connectivity index (χ3n) is 3.07. The molecule has 2 rings (SSSR count). The highest BCUT2D eigenvalue weighted by Gasteiger charge is 2.07. The van der Waals surface area contributed by atoms with E-state index in [-0.39, 0.29) is 6.04 Å². The van der Waals surface area contributed by atoms with Gasteiger partial charge in [-0.3, -0.25) is 0 Å². The minimum atomic E-state index is 0.174.